The zero-order chi connectivity index (χ0) is 4.83. The van der Waals surface area contributed by atoms with Crippen molar-refractivity contribution in [1.29, 1.82) is 0 Å². The van der Waals surface area contributed by atoms with Crippen molar-refractivity contribution in [3.05, 3.63) is 12.3 Å². The van der Waals surface area contributed by atoms with Gasteiger partial charge in [-0.25, -0.2) is 0 Å². The predicted molar refractivity (Wildman–Crippen MR) is 25.7 cm³/mol. The summed E-state index contributed by atoms with van der Waals surface area (Å²) in [6.07, 6.45) is 3.31. The summed E-state index contributed by atoms with van der Waals surface area (Å²) in [6.45, 7) is 0. The third-order valence-electron chi connectivity index (χ3n) is 0.243. The molecule has 0 aromatic heterocycles. The molecule has 0 amide bonds. The average Bonchev–Trinajstić information content (AvgIpc) is 1.61. The van der Waals surface area contributed by atoms with Crippen LogP contribution in [0.25, 0.3) is 0 Å². The SMILES string of the molecule is O=CC=CN[S-]. The second-order valence-corrected chi connectivity index (χ2v) is 0.849. The lowest BCUT2D eigenvalue weighted by atomic mass is 10.7. The molecule has 0 atom stereocenters. The molecule has 0 rings (SSSR count). The number of carbonyl (C=O) groups is 1. The van der Waals surface area contributed by atoms with Crippen LogP contribution >= 0.6 is 0 Å². The molecule has 0 aromatic rings. The first-order valence-electron chi connectivity index (χ1n) is 1.40. The molecular weight excluding hydrogens is 98.1 g/mol. The van der Waals surface area contributed by atoms with Crippen LogP contribution in [0.4, 0.5) is 0 Å². The van der Waals surface area contributed by atoms with Crippen molar-refractivity contribution in [2.24, 2.45) is 0 Å². The predicted octanol–water partition coefficient (Wildman–Crippen LogP) is -0.249. The van der Waals surface area contributed by atoms with E-state index in [0.717, 1.165) is 0 Å². The van der Waals surface area contributed by atoms with Gasteiger partial charge in [-0.1, -0.05) is 0 Å². The Morgan fingerprint density at radius 2 is 2.33 bits per heavy atom. The second-order valence-electron chi connectivity index (χ2n) is 0.613. The molecule has 0 saturated carbocycles. The molecule has 0 fully saturated rings. The zero-order valence-corrected chi connectivity index (χ0v) is 3.87. The molecule has 0 bridgehead atoms. The van der Waals surface area contributed by atoms with E-state index in [1.54, 1.807) is 0 Å². The van der Waals surface area contributed by atoms with E-state index in [-0.39, 0.29) is 0 Å². The van der Waals surface area contributed by atoms with E-state index in [9.17, 15) is 4.79 Å². The van der Waals surface area contributed by atoms with Crippen LogP contribution in [0, 0.1) is 0 Å². The maximum absolute atomic E-state index is 9.39. The van der Waals surface area contributed by atoms with E-state index < -0.39 is 0 Å². The van der Waals surface area contributed by atoms with Crippen LogP contribution in [-0.4, -0.2) is 6.29 Å². The topological polar surface area (TPSA) is 29.1 Å². The summed E-state index contributed by atoms with van der Waals surface area (Å²) in [6, 6.07) is 0. The highest BCUT2D eigenvalue weighted by Gasteiger charge is 1.50. The van der Waals surface area contributed by atoms with E-state index in [1.165, 1.54) is 12.3 Å². The zero-order valence-electron chi connectivity index (χ0n) is 3.05. The van der Waals surface area contributed by atoms with Crippen LogP contribution in [0.15, 0.2) is 12.3 Å². The van der Waals surface area contributed by atoms with Gasteiger partial charge in [-0.15, -0.1) is 0 Å². The van der Waals surface area contributed by atoms with Crippen molar-refractivity contribution in [1.82, 2.24) is 4.72 Å². The molecule has 0 aliphatic heterocycles. The van der Waals surface area contributed by atoms with Crippen molar-refractivity contribution in [3.63, 3.8) is 0 Å². The Hall–Kier alpha value is -0.440. The van der Waals surface area contributed by atoms with Crippen LogP contribution in [-0.2, 0) is 17.6 Å². The van der Waals surface area contributed by atoms with Crippen molar-refractivity contribution in [2.75, 3.05) is 0 Å². The van der Waals surface area contributed by atoms with Gasteiger partial charge in [0.2, 0.25) is 0 Å². The molecule has 3 heteroatoms. The van der Waals surface area contributed by atoms with Gasteiger partial charge in [0.25, 0.3) is 0 Å². The summed E-state index contributed by atoms with van der Waals surface area (Å²) >= 11 is 4.22. The Kier molecular flexibility index (Phi) is 4.23. The first kappa shape index (κ1) is 5.56. The fraction of sp³-hybridized carbons (Fsp3) is 0. The Bertz CT molecular complexity index is 61.8. The normalized spacial score (nSPS) is 8.83. The number of nitrogens with one attached hydrogen (secondary N) is 1. The molecule has 0 aliphatic rings. The maximum Gasteiger partial charge on any atom is 0.144 e. The quantitative estimate of drug-likeness (QED) is 0.296. The first-order chi connectivity index (χ1) is 2.91. The number of hydrogen-bond donors (Lipinski definition) is 1. The molecule has 0 saturated heterocycles. The highest BCUT2D eigenvalue weighted by molar-refractivity contribution is 7.56. The minimum atomic E-state index is 0.652. The largest absolute Gasteiger partial charge is 0.671 e. The van der Waals surface area contributed by atoms with Gasteiger partial charge in [-0.05, 0) is 12.3 Å². The maximum atomic E-state index is 9.39. The molecular formula is C3H4NOS-. The standard InChI is InChI=1S/C3H4NOS/c5-3-1-2-4-6/h1-4H/q-1. The smallest absolute Gasteiger partial charge is 0.144 e. The third kappa shape index (κ3) is 3.56. The van der Waals surface area contributed by atoms with Crippen molar-refractivity contribution >= 4 is 19.1 Å². The van der Waals surface area contributed by atoms with Crippen LogP contribution < -0.4 is 4.72 Å². The Labute approximate surface area is 41.8 Å². The number of carbonyl (C=O) groups excluding carboxylic acids is 1. The summed E-state index contributed by atoms with van der Waals surface area (Å²) < 4.78 is 2.24. The summed E-state index contributed by atoms with van der Waals surface area (Å²) in [7, 11) is 0. The Balaban J connectivity index is 2.94. The van der Waals surface area contributed by atoms with Crippen LogP contribution in [0.1, 0.15) is 0 Å². The molecule has 6 heavy (non-hydrogen) atoms. The van der Waals surface area contributed by atoms with E-state index >= 15 is 0 Å². The van der Waals surface area contributed by atoms with E-state index in [0.29, 0.717) is 6.29 Å². The first-order valence-corrected chi connectivity index (χ1v) is 1.80. The molecule has 0 aliphatic carbocycles. The second kappa shape index (κ2) is 4.56. The van der Waals surface area contributed by atoms with E-state index in [2.05, 4.69) is 17.5 Å². The van der Waals surface area contributed by atoms with Crippen molar-refractivity contribution in [2.45, 2.75) is 0 Å². The highest BCUT2D eigenvalue weighted by Crippen LogP contribution is 1.52. The van der Waals surface area contributed by atoms with Crippen molar-refractivity contribution in [3.8, 4) is 0 Å². The fourth-order valence-electron chi connectivity index (χ4n) is 0.0786. The van der Waals surface area contributed by atoms with E-state index in [4.69, 9.17) is 0 Å². The third-order valence-corrected chi connectivity index (χ3v) is 0.379. The fourth-order valence-corrected chi connectivity index (χ4v) is 0.157. The molecule has 0 spiro atoms. The van der Waals surface area contributed by atoms with Gasteiger partial charge in [0.15, 0.2) is 0 Å². The molecule has 2 nitrogen and oxygen atoms in total. The van der Waals surface area contributed by atoms with Crippen LogP contribution in [0.5, 0.6) is 0 Å². The summed E-state index contributed by atoms with van der Waals surface area (Å²) in [5, 5.41) is 0. The number of aldehydes is 1. The van der Waals surface area contributed by atoms with Crippen LogP contribution in [0.2, 0.25) is 0 Å². The lowest BCUT2D eigenvalue weighted by Crippen LogP contribution is -1.86. The van der Waals surface area contributed by atoms with Gasteiger partial charge in [-0.3, -0.25) is 4.79 Å². The van der Waals surface area contributed by atoms with Crippen molar-refractivity contribution < 1.29 is 4.79 Å². The minimum absolute atomic E-state index is 0.652. The summed E-state index contributed by atoms with van der Waals surface area (Å²) in [5.41, 5.74) is 0. The molecule has 0 unspecified atom stereocenters. The average molecular weight is 102 g/mol. The van der Waals surface area contributed by atoms with Gasteiger partial charge in [0.05, 0.1) is 0 Å². The lowest BCUT2D eigenvalue weighted by Gasteiger charge is -1.95. The van der Waals surface area contributed by atoms with Crippen LogP contribution in [0.3, 0.4) is 0 Å². The highest BCUT2D eigenvalue weighted by atomic mass is 32.1. The Morgan fingerprint density at radius 1 is 1.67 bits per heavy atom. The van der Waals surface area contributed by atoms with E-state index in [1.807, 2.05) is 0 Å². The number of rotatable bonds is 2. The molecule has 0 radical (unpaired) electrons. The minimum Gasteiger partial charge on any atom is -0.671 e. The van der Waals surface area contributed by atoms with Gasteiger partial charge in [-0.2, -0.15) is 0 Å². The number of hydrogen-bond acceptors (Lipinski definition) is 3. The van der Waals surface area contributed by atoms with Gasteiger partial charge in [0.1, 0.15) is 6.29 Å². The molecule has 0 aromatic carbocycles. The Morgan fingerprint density at radius 3 is 2.50 bits per heavy atom. The van der Waals surface area contributed by atoms with Gasteiger partial charge in [0, 0.05) is 0 Å². The molecule has 1 N–H and O–H groups in total. The molecule has 34 valence electrons. The van der Waals surface area contributed by atoms with Gasteiger partial charge < -0.3 is 17.5 Å². The van der Waals surface area contributed by atoms with Gasteiger partial charge >= 0.3 is 0 Å². The lowest BCUT2D eigenvalue weighted by molar-refractivity contribution is -0.104. The monoisotopic (exact) mass is 102 g/mol. The summed E-state index contributed by atoms with van der Waals surface area (Å²) in [4.78, 5) is 9.39. The summed E-state index contributed by atoms with van der Waals surface area (Å²) in [5.74, 6) is 0. The number of allylic oxidation sites excluding steroid dienone is 1. The molecule has 0 heterocycles.